The zero-order chi connectivity index (χ0) is 25.0. The molecule has 178 valence electrons. The molecule has 3 aliphatic rings. The summed E-state index contributed by atoms with van der Waals surface area (Å²) in [4.78, 5) is 65.0. The van der Waals surface area contributed by atoms with Crippen LogP contribution in [0.25, 0.3) is 0 Å². The molecule has 0 saturated carbocycles. The average molecular weight is 499 g/mol. The smallest absolute Gasteiger partial charge is 0.344 e. The quantitative estimate of drug-likeness (QED) is 0.428. The van der Waals surface area contributed by atoms with Gasteiger partial charge < -0.3 is 10.1 Å². The molecule has 1 fully saturated rings. The lowest BCUT2D eigenvalue weighted by Crippen LogP contribution is -2.48. The second-order valence-corrected chi connectivity index (χ2v) is 9.99. The van der Waals surface area contributed by atoms with E-state index >= 15 is 0 Å². The Bertz CT molecular complexity index is 1520. The van der Waals surface area contributed by atoms with E-state index in [1.807, 2.05) is 12.1 Å². The van der Waals surface area contributed by atoms with Crippen molar-refractivity contribution in [2.24, 2.45) is 0 Å². The summed E-state index contributed by atoms with van der Waals surface area (Å²) in [6.45, 7) is -0.563. The Kier molecular flexibility index (Phi) is 5.04. The number of nitrogens with one attached hydrogen (secondary N) is 1. The third-order valence-corrected chi connectivity index (χ3v) is 7.99. The molecular formula is C27H18N2O6S. The van der Waals surface area contributed by atoms with Crippen LogP contribution in [-0.4, -0.2) is 40.8 Å². The number of hydrogen-bond donors (Lipinski definition) is 1. The number of anilines is 2. The molecule has 36 heavy (non-hydrogen) atoms. The van der Waals surface area contributed by atoms with Crippen LogP contribution in [0.5, 0.6) is 0 Å². The number of benzene rings is 3. The number of amides is 2. The Hall–Kier alpha value is -4.24. The topological polar surface area (TPSA) is 110 Å². The molecule has 0 aromatic heterocycles. The van der Waals surface area contributed by atoms with E-state index in [1.165, 1.54) is 34.9 Å². The monoisotopic (exact) mass is 498 g/mol. The van der Waals surface area contributed by atoms with Gasteiger partial charge in [0, 0.05) is 45.7 Å². The first-order valence-electron chi connectivity index (χ1n) is 11.3. The number of rotatable bonds is 4. The van der Waals surface area contributed by atoms with Crippen LogP contribution in [0.2, 0.25) is 0 Å². The predicted molar refractivity (Wildman–Crippen MR) is 131 cm³/mol. The van der Waals surface area contributed by atoms with E-state index in [4.69, 9.17) is 4.74 Å². The number of nitrogens with zero attached hydrogens (tertiary/aromatic N) is 1. The molecule has 0 bridgehead atoms. The SMILES string of the molecule is O=C(COC(=O)C12CCC(=O)N1c1ccccc1S2)Nc1ccc2c(c1)C(=O)c1ccccc1C2=O. The zero-order valence-electron chi connectivity index (χ0n) is 18.8. The van der Waals surface area contributed by atoms with Gasteiger partial charge in [0.05, 0.1) is 5.69 Å². The van der Waals surface area contributed by atoms with E-state index in [0.717, 1.165) is 4.90 Å². The Labute approximate surface area is 209 Å². The van der Waals surface area contributed by atoms with Crippen molar-refractivity contribution in [1.29, 1.82) is 0 Å². The van der Waals surface area contributed by atoms with Crippen LogP contribution in [0.1, 0.15) is 44.7 Å². The van der Waals surface area contributed by atoms with Crippen molar-refractivity contribution >= 4 is 52.5 Å². The summed E-state index contributed by atoms with van der Waals surface area (Å²) in [6, 6.07) is 18.3. The van der Waals surface area contributed by atoms with Crippen LogP contribution in [0, 0.1) is 0 Å². The largest absolute Gasteiger partial charge is 0.453 e. The minimum absolute atomic E-state index is 0.163. The van der Waals surface area contributed by atoms with Crippen LogP contribution in [0.3, 0.4) is 0 Å². The van der Waals surface area contributed by atoms with Crippen molar-refractivity contribution in [2.75, 3.05) is 16.8 Å². The number of esters is 1. The Balaban J connectivity index is 1.16. The molecule has 6 rings (SSSR count). The number of hydrogen-bond acceptors (Lipinski definition) is 7. The first-order chi connectivity index (χ1) is 17.4. The highest BCUT2D eigenvalue weighted by atomic mass is 32.2. The predicted octanol–water partition coefficient (Wildman–Crippen LogP) is 3.57. The lowest BCUT2D eigenvalue weighted by molar-refractivity contribution is -0.149. The summed E-state index contributed by atoms with van der Waals surface area (Å²) < 4.78 is 5.35. The summed E-state index contributed by atoms with van der Waals surface area (Å²) in [5, 5.41) is 2.61. The molecule has 1 saturated heterocycles. The number of ketones is 2. The highest BCUT2D eigenvalue weighted by Crippen LogP contribution is 2.56. The molecule has 2 heterocycles. The molecule has 1 unspecified atom stereocenters. The number of para-hydroxylation sites is 1. The van der Waals surface area contributed by atoms with E-state index in [-0.39, 0.29) is 41.4 Å². The number of ether oxygens (including phenoxy) is 1. The molecule has 3 aromatic rings. The maximum Gasteiger partial charge on any atom is 0.344 e. The first-order valence-corrected chi connectivity index (χ1v) is 12.1. The summed E-state index contributed by atoms with van der Waals surface area (Å²) in [6.07, 6.45) is 0.502. The van der Waals surface area contributed by atoms with Gasteiger partial charge in [-0.05, 0) is 30.3 Å². The fraction of sp³-hybridized carbons (Fsp3) is 0.148. The van der Waals surface area contributed by atoms with Gasteiger partial charge in [-0.1, -0.05) is 48.2 Å². The van der Waals surface area contributed by atoms with Gasteiger partial charge in [0.25, 0.3) is 5.91 Å². The van der Waals surface area contributed by atoms with Crippen molar-refractivity contribution < 1.29 is 28.7 Å². The van der Waals surface area contributed by atoms with Crippen LogP contribution in [-0.2, 0) is 19.1 Å². The molecule has 9 heteroatoms. The molecule has 1 atom stereocenters. The molecule has 0 spiro atoms. The lowest BCUT2D eigenvalue weighted by Gasteiger charge is -2.28. The second kappa shape index (κ2) is 8.17. The molecule has 1 aliphatic carbocycles. The third kappa shape index (κ3) is 3.27. The normalized spacial score (nSPS) is 19.3. The number of fused-ring (bicyclic) bond motifs is 5. The molecule has 8 nitrogen and oxygen atoms in total. The molecule has 2 amide bonds. The Morgan fingerprint density at radius 2 is 1.56 bits per heavy atom. The van der Waals surface area contributed by atoms with Crippen molar-refractivity contribution in [3.05, 3.63) is 89.0 Å². The van der Waals surface area contributed by atoms with Gasteiger partial charge >= 0.3 is 5.97 Å². The van der Waals surface area contributed by atoms with E-state index < -0.39 is 23.4 Å². The maximum atomic E-state index is 13.1. The average Bonchev–Trinajstić information content (AvgIpc) is 3.41. The van der Waals surface area contributed by atoms with Gasteiger partial charge in [-0.3, -0.25) is 24.1 Å². The Morgan fingerprint density at radius 1 is 0.889 bits per heavy atom. The molecule has 0 radical (unpaired) electrons. The van der Waals surface area contributed by atoms with Crippen LogP contribution >= 0.6 is 11.8 Å². The molecule has 3 aromatic carbocycles. The molecule has 2 aliphatic heterocycles. The summed E-state index contributed by atoms with van der Waals surface area (Å²) in [5.74, 6) is -1.98. The second-order valence-electron chi connectivity index (χ2n) is 8.67. The maximum absolute atomic E-state index is 13.1. The van der Waals surface area contributed by atoms with Gasteiger partial charge in [-0.2, -0.15) is 0 Å². The minimum atomic E-state index is -1.22. The summed E-state index contributed by atoms with van der Waals surface area (Å²) in [5.41, 5.74) is 2.11. The third-order valence-electron chi connectivity index (χ3n) is 6.54. The van der Waals surface area contributed by atoms with E-state index in [9.17, 15) is 24.0 Å². The van der Waals surface area contributed by atoms with E-state index in [2.05, 4.69) is 5.32 Å². The molecular weight excluding hydrogens is 480 g/mol. The minimum Gasteiger partial charge on any atom is -0.453 e. The van der Waals surface area contributed by atoms with Gasteiger partial charge in [0.2, 0.25) is 5.91 Å². The van der Waals surface area contributed by atoms with Gasteiger partial charge in [0.1, 0.15) is 0 Å². The van der Waals surface area contributed by atoms with Crippen LogP contribution < -0.4 is 10.2 Å². The van der Waals surface area contributed by atoms with Crippen molar-refractivity contribution in [2.45, 2.75) is 22.6 Å². The van der Waals surface area contributed by atoms with E-state index in [0.29, 0.717) is 22.5 Å². The highest BCUT2D eigenvalue weighted by Gasteiger charge is 2.58. The summed E-state index contributed by atoms with van der Waals surface area (Å²) >= 11 is 1.26. The molecule has 1 N–H and O–H groups in total. The van der Waals surface area contributed by atoms with Crippen molar-refractivity contribution in [3.8, 4) is 0 Å². The summed E-state index contributed by atoms with van der Waals surface area (Å²) in [7, 11) is 0. The van der Waals surface area contributed by atoms with Gasteiger partial charge in [0.15, 0.2) is 23.0 Å². The zero-order valence-corrected chi connectivity index (χ0v) is 19.6. The first kappa shape index (κ1) is 22.2. The van der Waals surface area contributed by atoms with E-state index in [1.54, 1.807) is 36.4 Å². The number of thioether (sulfide) groups is 1. The lowest BCUT2D eigenvalue weighted by atomic mass is 9.84. The fourth-order valence-corrected chi connectivity index (χ4v) is 6.30. The number of carbonyl (C=O) groups excluding carboxylic acids is 5. The van der Waals surface area contributed by atoms with Gasteiger partial charge in [-0.25, -0.2) is 4.79 Å². The van der Waals surface area contributed by atoms with Crippen LogP contribution in [0.15, 0.2) is 71.6 Å². The highest BCUT2D eigenvalue weighted by molar-refractivity contribution is 8.02. The van der Waals surface area contributed by atoms with Crippen LogP contribution in [0.4, 0.5) is 11.4 Å². The fourth-order valence-electron chi connectivity index (χ4n) is 4.89. The van der Waals surface area contributed by atoms with Crippen molar-refractivity contribution in [1.82, 2.24) is 0 Å². The standard InChI is InChI=1S/C27H18N2O6S/c30-22(14-35-26(34)27-12-11-23(31)29(27)20-7-3-4-8-21(20)36-27)28-15-9-10-18-19(13-15)25(33)17-6-2-1-5-16(17)24(18)32/h1-10,13H,11-12,14H2,(H,28,30). The Morgan fingerprint density at radius 3 is 2.33 bits per heavy atom. The van der Waals surface area contributed by atoms with Crippen molar-refractivity contribution in [3.63, 3.8) is 0 Å². The number of carbonyl (C=O) groups is 5. The van der Waals surface area contributed by atoms with Gasteiger partial charge in [-0.15, -0.1) is 0 Å².